The Hall–Kier alpha value is -3.18. The molecule has 2 amide bonds. The smallest absolute Gasteiger partial charge is 0.241 e. The van der Waals surface area contributed by atoms with E-state index in [2.05, 4.69) is 10.6 Å². The van der Waals surface area contributed by atoms with E-state index in [9.17, 15) is 9.59 Å². The molecule has 0 aromatic heterocycles. The van der Waals surface area contributed by atoms with Gasteiger partial charge >= 0.3 is 0 Å². The molecule has 3 aromatic carbocycles. The number of carbonyl (C=O) groups excluding carboxylic acids is 2. The molecule has 5 heteroatoms. The zero-order valence-electron chi connectivity index (χ0n) is 15.5. The fourth-order valence-electron chi connectivity index (χ4n) is 2.86. The first-order valence-corrected chi connectivity index (χ1v) is 8.88. The second-order valence-corrected chi connectivity index (χ2v) is 6.52. The van der Waals surface area contributed by atoms with Crippen LogP contribution in [0.5, 0.6) is 0 Å². The summed E-state index contributed by atoms with van der Waals surface area (Å²) in [5, 5.41) is 7.86. The molecule has 0 aliphatic rings. The van der Waals surface area contributed by atoms with Crippen LogP contribution < -0.4 is 10.6 Å². The van der Waals surface area contributed by atoms with Crippen LogP contribution in [0.15, 0.2) is 72.8 Å². The number of likely N-dealkylation sites (N-methyl/N-ethyl adjacent to an activating group) is 1. The van der Waals surface area contributed by atoms with E-state index >= 15 is 0 Å². The third kappa shape index (κ3) is 4.71. The van der Waals surface area contributed by atoms with Crippen LogP contribution >= 0.6 is 0 Å². The van der Waals surface area contributed by atoms with Gasteiger partial charge < -0.3 is 10.6 Å². The standard InChI is InChI=1S/C22H23N3O2/c1-16(22(27)23-18-11-4-3-5-12-18)25(2)15-21(26)24-20-14-8-10-17-9-6-7-13-19(17)20/h3-14,16H,15H2,1-2H3,(H,23,27)(H,24,26)/t16-/m0/s1. The van der Waals surface area contributed by atoms with Gasteiger partial charge in [0, 0.05) is 16.8 Å². The zero-order valence-corrected chi connectivity index (χ0v) is 15.5. The number of benzene rings is 3. The highest BCUT2D eigenvalue weighted by Crippen LogP contribution is 2.22. The number of carbonyl (C=O) groups is 2. The second-order valence-electron chi connectivity index (χ2n) is 6.52. The molecule has 0 saturated carbocycles. The molecule has 0 aliphatic heterocycles. The Labute approximate surface area is 159 Å². The Morgan fingerprint density at radius 3 is 2.33 bits per heavy atom. The molecule has 0 radical (unpaired) electrons. The van der Waals surface area contributed by atoms with Crippen LogP contribution in [0, 0.1) is 0 Å². The molecule has 0 unspecified atom stereocenters. The molecule has 3 rings (SSSR count). The highest BCUT2D eigenvalue weighted by molar-refractivity contribution is 6.03. The highest BCUT2D eigenvalue weighted by atomic mass is 16.2. The number of nitrogens with zero attached hydrogens (tertiary/aromatic N) is 1. The average molecular weight is 361 g/mol. The Kier molecular flexibility index (Phi) is 5.84. The molecule has 0 spiro atoms. The van der Waals surface area contributed by atoms with Crippen LogP contribution in [0.3, 0.4) is 0 Å². The van der Waals surface area contributed by atoms with Crippen molar-refractivity contribution in [2.75, 3.05) is 24.2 Å². The van der Waals surface area contributed by atoms with Crippen molar-refractivity contribution >= 4 is 34.0 Å². The van der Waals surface area contributed by atoms with Gasteiger partial charge in [-0.15, -0.1) is 0 Å². The number of amides is 2. The van der Waals surface area contributed by atoms with Crippen molar-refractivity contribution in [1.82, 2.24) is 4.90 Å². The van der Waals surface area contributed by atoms with Gasteiger partial charge in [-0.3, -0.25) is 14.5 Å². The van der Waals surface area contributed by atoms with Gasteiger partial charge in [0.1, 0.15) is 0 Å². The van der Waals surface area contributed by atoms with E-state index in [0.717, 1.165) is 22.1 Å². The Bertz CT molecular complexity index is 935. The minimum atomic E-state index is -0.441. The predicted molar refractivity (Wildman–Crippen MR) is 110 cm³/mol. The van der Waals surface area contributed by atoms with E-state index in [1.165, 1.54) is 0 Å². The van der Waals surface area contributed by atoms with Gasteiger partial charge in [-0.1, -0.05) is 54.6 Å². The van der Waals surface area contributed by atoms with Crippen molar-refractivity contribution in [2.24, 2.45) is 0 Å². The van der Waals surface area contributed by atoms with Crippen molar-refractivity contribution < 1.29 is 9.59 Å². The van der Waals surface area contributed by atoms with Gasteiger partial charge in [0.15, 0.2) is 0 Å². The van der Waals surface area contributed by atoms with Gasteiger partial charge in [-0.25, -0.2) is 0 Å². The van der Waals surface area contributed by atoms with Crippen LogP contribution in [-0.4, -0.2) is 36.3 Å². The van der Waals surface area contributed by atoms with Gasteiger partial charge in [0.2, 0.25) is 11.8 Å². The lowest BCUT2D eigenvalue weighted by molar-refractivity contribution is -0.122. The maximum Gasteiger partial charge on any atom is 0.241 e. The summed E-state index contributed by atoms with van der Waals surface area (Å²) in [6.45, 7) is 1.90. The second kappa shape index (κ2) is 8.47. The predicted octanol–water partition coefficient (Wildman–Crippen LogP) is 3.74. The highest BCUT2D eigenvalue weighted by Gasteiger charge is 2.20. The number of rotatable bonds is 6. The van der Waals surface area contributed by atoms with Crippen LogP contribution in [0.4, 0.5) is 11.4 Å². The Morgan fingerprint density at radius 2 is 1.56 bits per heavy atom. The number of anilines is 2. The van der Waals surface area contributed by atoms with E-state index in [-0.39, 0.29) is 18.4 Å². The van der Waals surface area contributed by atoms with Crippen LogP contribution in [0.1, 0.15) is 6.92 Å². The fourth-order valence-corrected chi connectivity index (χ4v) is 2.86. The van der Waals surface area contributed by atoms with Crippen molar-refractivity contribution in [3.8, 4) is 0 Å². The number of hydrogen-bond donors (Lipinski definition) is 2. The third-order valence-electron chi connectivity index (χ3n) is 4.54. The minimum absolute atomic E-state index is 0.118. The van der Waals surface area contributed by atoms with E-state index in [1.807, 2.05) is 72.8 Å². The van der Waals surface area contributed by atoms with E-state index < -0.39 is 6.04 Å². The quantitative estimate of drug-likeness (QED) is 0.703. The summed E-state index contributed by atoms with van der Waals surface area (Å²) < 4.78 is 0. The monoisotopic (exact) mass is 361 g/mol. The lowest BCUT2D eigenvalue weighted by atomic mass is 10.1. The molecule has 3 aromatic rings. The first kappa shape index (κ1) is 18.6. The molecule has 5 nitrogen and oxygen atoms in total. The summed E-state index contributed by atoms with van der Waals surface area (Å²) in [5.74, 6) is -0.310. The normalized spacial score (nSPS) is 12.0. The first-order valence-electron chi connectivity index (χ1n) is 8.88. The molecular weight excluding hydrogens is 338 g/mol. The Morgan fingerprint density at radius 1 is 0.889 bits per heavy atom. The zero-order chi connectivity index (χ0) is 19.2. The van der Waals surface area contributed by atoms with E-state index in [0.29, 0.717) is 0 Å². The summed E-state index contributed by atoms with van der Waals surface area (Å²) in [6, 6.07) is 22.5. The first-order chi connectivity index (χ1) is 13.0. The van der Waals surface area contributed by atoms with Crippen molar-refractivity contribution in [3.05, 3.63) is 72.8 Å². The third-order valence-corrected chi connectivity index (χ3v) is 4.54. The summed E-state index contributed by atoms with van der Waals surface area (Å²) in [5.41, 5.74) is 1.51. The summed E-state index contributed by atoms with van der Waals surface area (Å²) in [6.07, 6.45) is 0. The van der Waals surface area contributed by atoms with Gasteiger partial charge in [0.25, 0.3) is 0 Å². The summed E-state index contributed by atoms with van der Waals surface area (Å²) >= 11 is 0. The van der Waals surface area contributed by atoms with Crippen molar-refractivity contribution in [1.29, 1.82) is 0 Å². The lowest BCUT2D eigenvalue weighted by Gasteiger charge is -2.23. The Balaban J connectivity index is 1.60. The molecule has 0 bridgehead atoms. The molecule has 0 heterocycles. The number of fused-ring (bicyclic) bond motifs is 1. The minimum Gasteiger partial charge on any atom is -0.325 e. The van der Waals surface area contributed by atoms with E-state index in [1.54, 1.807) is 18.9 Å². The molecule has 138 valence electrons. The maximum atomic E-state index is 12.5. The molecule has 27 heavy (non-hydrogen) atoms. The van der Waals surface area contributed by atoms with Crippen molar-refractivity contribution in [3.63, 3.8) is 0 Å². The molecule has 0 saturated heterocycles. The molecular formula is C22H23N3O2. The molecule has 1 atom stereocenters. The topological polar surface area (TPSA) is 61.4 Å². The average Bonchev–Trinajstić information content (AvgIpc) is 2.68. The number of para-hydroxylation sites is 1. The summed E-state index contributed by atoms with van der Waals surface area (Å²) in [7, 11) is 1.76. The molecule has 2 N–H and O–H groups in total. The summed E-state index contributed by atoms with van der Waals surface area (Å²) in [4.78, 5) is 26.6. The number of hydrogen-bond acceptors (Lipinski definition) is 3. The number of nitrogens with one attached hydrogen (secondary N) is 2. The van der Waals surface area contributed by atoms with Gasteiger partial charge in [0.05, 0.1) is 12.6 Å². The van der Waals surface area contributed by atoms with Crippen LogP contribution in [-0.2, 0) is 9.59 Å². The fraction of sp³-hybridized carbons (Fsp3) is 0.182. The SMILES string of the molecule is C[C@@H](C(=O)Nc1ccccc1)N(C)CC(=O)Nc1cccc2ccccc12. The lowest BCUT2D eigenvalue weighted by Crippen LogP contribution is -2.43. The van der Waals surface area contributed by atoms with Gasteiger partial charge in [-0.2, -0.15) is 0 Å². The van der Waals surface area contributed by atoms with Crippen LogP contribution in [0.25, 0.3) is 10.8 Å². The maximum absolute atomic E-state index is 12.5. The van der Waals surface area contributed by atoms with E-state index in [4.69, 9.17) is 0 Å². The van der Waals surface area contributed by atoms with Gasteiger partial charge in [-0.05, 0) is 37.6 Å². The molecule has 0 aliphatic carbocycles. The van der Waals surface area contributed by atoms with Crippen molar-refractivity contribution in [2.45, 2.75) is 13.0 Å². The molecule has 0 fully saturated rings. The largest absolute Gasteiger partial charge is 0.325 e. The van der Waals surface area contributed by atoms with Crippen LogP contribution in [0.2, 0.25) is 0 Å².